The van der Waals surface area contributed by atoms with E-state index in [9.17, 15) is 19.7 Å². The molecule has 1 amide bonds. The van der Waals surface area contributed by atoms with E-state index in [0.717, 1.165) is 0 Å². The molecule has 3 rings (SSSR count). The lowest BCUT2D eigenvalue weighted by Gasteiger charge is -2.16. The molecule has 0 unspecified atom stereocenters. The summed E-state index contributed by atoms with van der Waals surface area (Å²) in [5.74, 6) is -1.34. The van der Waals surface area contributed by atoms with Gasteiger partial charge >= 0.3 is 17.6 Å². The zero-order valence-electron chi connectivity index (χ0n) is 14.8. The summed E-state index contributed by atoms with van der Waals surface area (Å²) in [5, 5.41) is 15.1. The molecule has 0 saturated carbocycles. The minimum Gasteiger partial charge on any atom is -0.805 e. The lowest BCUT2D eigenvalue weighted by Crippen LogP contribution is -2.33. The first kappa shape index (κ1) is 18.1. The summed E-state index contributed by atoms with van der Waals surface area (Å²) in [6, 6.07) is 12.6. The summed E-state index contributed by atoms with van der Waals surface area (Å²) in [6.45, 7) is 3.22. The number of anilines is 1. The number of amides is 1. The minimum atomic E-state index is -0.721. The highest BCUT2D eigenvalue weighted by molar-refractivity contribution is 6.03. The SMILES string of the molecule is CCOC(=O)c1ccc2c(c1)[n+](=O)c(C(=O)Nc1ccccc1)c(C)n2[O-]. The second-order valence-electron chi connectivity index (χ2n) is 5.77. The molecule has 138 valence electrons. The summed E-state index contributed by atoms with van der Waals surface area (Å²) >= 11 is 0. The Morgan fingerprint density at radius 3 is 2.56 bits per heavy atom. The first-order chi connectivity index (χ1) is 12.9. The molecule has 0 bridgehead atoms. The molecule has 1 aromatic heterocycles. The number of aromatic nitrogens is 2. The van der Waals surface area contributed by atoms with Crippen LogP contribution in [0.3, 0.4) is 0 Å². The number of carbonyl (C=O) groups excluding carboxylic acids is 2. The van der Waals surface area contributed by atoms with Crippen LogP contribution in [0.1, 0.15) is 33.5 Å². The average Bonchev–Trinajstić information content (AvgIpc) is 2.67. The van der Waals surface area contributed by atoms with Crippen molar-refractivity contribution in [3.05, 3.63) is 75.6 Å². The molecule has 0 spiro atoms. The van der Waals surface area contributed by atoms with Gasteiger partial charge in [-0.3, -0.25) is 4.79 Å². The second-order valence-corrected chi connectivity index (χ2v) is 5.77. The van der Waals surface area contributed by atoms with Gasteiger partial charge in [-0.1, -0.05) is 18.2 Å². The fraction of sp³-hybridized carbons (Fsp3) is 0.158. The zero-order chi connectivity index (χ0) is 19.6. The van der Waals surface area contributed by atoms with Crippen LogP contribution in [-0.4, -0.2) is 23.2 Å². The molecule has 0 radical (unpaired) electrons. The molecule has 3 aromatic rings. The highest BCUT2D eigenvalue weighted by Gasteiger charge is 2.28. The van der Waals surface area contributed by atoms with Crippen molar-refractivity contribution in [2.75, 3.05) is 11.9 Å². The number of benzene rings is 2. The highest BCUT2D eigenvalue weighted by Crippen LogP contribution is 2.17. The van der Waals surface area contributed by atoms with Gasteiger partial charge in [-0.2, -0.15) is 0 Å². The zero-order valence-corrected chi connectivity index (χ0v) is 14.8. The maximum atomic E-state index is 12.8. The fourth-order valence-electron chi connectivity index (χ4n) is 2.71. The summed E-state index contributed by atoms with van der Waals surface area (Å²) in [5.41, 5.74) is 0.162. The van der Waals surface area contributed by atoms with E-state index in [1.165, 1.54) is 25.1 Å². The maximum absolute atomic E-state index is 12.8. The summed E-state index contributed by atoms with van der Waals surface area (Å²) in [6.07, 6.45) is 0. The van der Waals surface area contributed by atoms with Crippen molar-refractivity contribution in [1.82, 2.24) is 4.73 Å². The topological polar surface area (TPSA) is 106 Å². The number of fused-ring (bicyclic) bond motifs is 1. The lowest BCUT2D eigenvalue weighted by atomic mass is 10.1. The molecule has 27 heavy (non-hydrogen) atoms. The summed E-state index contributed by atoms with van der Waals surface area (Å²) < 4.78 is 5.77. The lowest BCUT2D eigenvalue weighted by molar-refractivity contribution is -0.468. The molecule has 8 heteroatoms. The summed E-state index contributed by atoms with van der Waals surface area (Å²) in [7, 11) is 0. The Labute approximate surface area is 154 Å². The van der Waals surface area contributed by atoms with Crippen LogP contribution in [0.15, 0.2) is 48.5 Å². The van der Waals surface area contributed by atoms with Gasteiger partial charge in [-0.05, 0) is 38.1 Å². The van der Waals surface area contributed by atoms with Crippen LogP contribution in [0.4, 0.5) is 5.69 Å². The maximum Gasteiger partial charge on any atom is 0.346 e. The predicted octanol–water partition coefficient (Wildman–Crippen LogP) is 2.64. The Morgan fingerprint density at radius 2 is 1.89 bits per heavy atom. The Kier molecular flexibility index (Phi) is 4.89. The highest BCUT2D eigenvalue weighted by atomic mass is 16.5. The number of ether oxygens (including phenoxy) is 1. The third-order valence-electron chi connectivity index (χ3n) is 4.02. The third-order valence-corrected chi connectivity index (χ3v) is 4.02. The van der Waals surface area contributed by atoms with E-state index in [-0.39, 0.29) is 34.6 Å². The molecular weight excluding hydrogens is 350 g/mol. The van der Waals surface area contributed by atoms with Crippen LogP contribution < -0.4 is 9.74 Å². The van der Waals surface area contributed by atoms with Gasteiger partial charge in [0.15, 0.2) is 0 Å². The number of nitrogens with one attached hydrogen (secondary N) is 1. The van der Waals surface area contributed by atoms with E-state index in [1.54, 1.807) is 37.3 Å². The molecule has 1 heterocycles. The van der Waals surface area contributed by atoms with Gasteiger partial charge in [0.05, 0.1) is 22.3 Å². The molecule has 0 atom stereocenters. The van der Waals surface area contributed by atoms with Crippen molar-refractivity contribution in [3.63, 3.8) is 0 Å². The number of para-hydroxylation sites is 1. The molecule has 0 fully saturated rings. The van der Waals surface area contributed by atoms with Gasteiger partial charge in [0, 0.05) is 16.7 Å². The largest absolute Gasteiger partial charge is 0.805 e. The minimum absolute atomic E-state index is 0.0465. The molecule has 8 nitrogen and oxygen atoms in total. The molecule has 0 aliphatic heterocycles. The van der Waals surface area contributed by atoms with E-state index < -0.39 is 11.9 Å². The Bertz CT molecular complexity index is 1090. The van der Waals surface area contributed by atoms with Crippen LogP contribution in [0.2, 0.25) is 0 Å². The van der Waals surface area contributed by atoms with Gasteiger partial charge in [-0.25, -0.2) is 4.79 Å². The Hall–Kier alpha value is -3.68. The number of hydrogen-bond donors (Lipinski definition) is 1. The first-order valence-electron chi connectivity index (χ1n) is 8.27. The van der Waals surface area contributed by atoms with E-state index in [1.807, 2.05) is 0 Å². The van der Waals surface area contributed by atoms with E-state index in [2.05, 4.69) is 5.32 Å². The van der Waals surface area contributed by atoms with Crippen LogP contribution in [0.25, 0.3) is 11.0 Å². The first-order valence-corrected chi connectivity index (χ1v) is 8.27. The van der Waals surface area contributed by atoms with Crippen molar-refractivity contribution in [3.8, 4) is 0 Å². The van der Waals surface area contributed by atoms with Gasteiger partial charge in [0.1, 0.15) is 5.52 Å². The molecule has 0 aliphatic carbocycles. The van der Waals surface area contributed by atoms with Crippen LogP contribution >= 0.6 is 0 Å². The van der Waals surface area contributed by atoms with E-state index in [4.69, 9.17) is 4.74 Å². The molecular formula is C19H17N3O5. The normalized spacial score (nSPS) is 10.6. The number of nitrogens with zero attached hydrogens (tertiary/aromatic N) is 2. The Balaban J connectivity index is 2.13. The molecule has 0 aliphatic rings. The molecule has 0 saturated heterocycles. The third kappa shape index (κ3) is 3.37. The smallest absolute Gasteiger partial charge is 0.346 e. The predicted molar refractivity (Wildman–Crippen MR) is 99.2 cm³/mol. The molecule has 2 aromatic carbocycles. The van der Waals surface area contributed by atoms with Gasteiger partial charge in [0.2, 0.25) is 0 Å². The van der Waals surface area contributed by atoms with E-state index >= 15 is 0 Å². The average molecular weight is 367 g/mol. The number of rotatable bonds is 4. The van der Waals surface area contributed by atoms with Crippen molar-refractivity contribution in [1.29, 1.82) is 0 Å². The van der Waals surface area contributed by atoms with Crippen molar-refractivity contribution in [2.24, 2.45) is 0 Å². The second kappa shape index (κ2) is 7.28. The quantitative estimate of drug-likeness (QED) is 0.563. The summed E-state index contributed by atoms with van der Waals surface area (Å²) in [4.78, 5) is 37.3. The van der Waals surface area contributed by atoms with Gasteiger partial charge in [0.25, 0.3) is 5.52 Å². The Morgan fingerprint density at radius 1 is 1.19 bits per heavy atom. The van der Waals surface area contributed by atoms with Crippen LogP contribution in [0.5, 0.6) is 0 Å². The number of hydrogen-bond acceptors (Lipinski definition) is 5. The van der Waals surface area contributed by atoms with Crippen LogP contribution in [-0.2, 0) is 4.74 Å². The fourth-order valence-corrected chi connectivity index (χ4v) is 2.71. The molecule has 1 N–H and O–H groups in total. The number of esters is 1. The number of carbonyl (C=O) groups is 2. The standard InChI is InChI=1S/C19H17N3O5/c1-3-27-19(24)13-9-10-15-16(11-13)22(26)17(12(2)21(15)25)18(23)20-14-7-5-4-6-8-14/h4-11H,3H2,1-2H3,(H,20,23). The van der Waals surface area contributed by atoms with E-state index in [0.29, 0.717) is 14.8 Å². The van der Waals surface area contributed by atoms with Gasteiger partial charge < -0.3 is 20.0 Å². The van der Waals surface area contributed by atoms with Crippen molar-refractivity contribution < 1.29 is 18.8 Å². The van der Waals surface area contributed by atoms with Crippen LogP contribution in [0, 0.1) is 17.0 Å². The van der Waals surface area contributed by atoms with Crippen molar-refractivity contribution in [2.45, 2.75) is 13.8 Å². The van der Waals surface area contributed by atoms with Gasteiger partial charge in [-0.15, -0.1) is 0 Å². The monoisotopic (exact) mass is 367 g/mol. The van der Waals surface area contributed by atoms with Crippen molar-refractivity contribution >= 4 is 28.6 Å².